The van der Waals surface area contributed by atoms with E-state index in [1.54, 1.807) is 24.3 Å². The van der Waals surface area contributed by atoms with E-state index in [1.165, 1.54) is 24.4 Å². The van der Waals surface area contributed by atoms with E-state index >= 15 is 0 Å². The van der Waals surface area contributed by atoms with E-state index in [-0.39, 0.29) is 22.3 Å². The van der Waals surface area contributed by atoms with Crippen molar-refractivity contribution in [2.45, 2.75) is 0 Å². The summed E-state index contributed by atoms with van der Waals surface area (Å²) in [5.74, 6) is -0.147. The number of anilines is 1. The average molecular weight is 455 g/mol. The van der Waals surface area contributed by atoms with Crippen LogP contribution < -0.4 is 14.5 Å². The molecule has 1 amide bonds. The van der Waals surface area contributed by atoms with Gasteiger partial charge < -0.3 is 4.74 Å². The molecule has 0 aliphatic rings. The van der Waals surface area contributed by atoms with Crippen molar-refractivity contribution in [1.82, 2.24) is 5.43 Å². The molecule has 152 valence electrons. The molecule has 2 rings (SSSR count). The SMILES string of the molecule is CS(=O)(=O)N(CC(=O)N/N=C\c1ccc(OCC#N)cc1)c1cccc(Cl)c1Cl. The maximum atomic E-state index is 12.2. The molecule has 0 spiro atoms. The lowest BCUT2D eigenvalue weighted by molar-refractivity contribution is -0.119. The van der Waals surface area contributed by atoms with Crippen LogP contribution >= 0.6 is 23.2 Å². The molecule has 8 nitrogen and oxygen atoms in total. The van der Waals surface area contributed by atoms with Crippen molar-refractivity contribution in [3.63, 3.8) is 0 Å². The minimum atomic E-state index is -3.80. The summed E-state index contributed by atoms with van der Waals surface area (Å²) in [6.07, 6.45) is 2.33. The minimum Gasteiger partial charge on any atom is -0.479 e. The molecule has 0 bridgehead atoms. The molecule has 0 aromatic heterocycles. The number of halogens is 2. The van der Waals surface area contributed by atoms with E-state index in [9.17, 15) is 13.2 Å². The Balaban J connectivity index is 2.04. The Morgan fingerprint density at radius 1 is 1.28 bits per heavy atom. The molecule has 0 saturated heterocycles. The molecule has 0 aliphatic heterocycles. The van der Waals surface area contributed by atoms with Gasteiger partial charge >= 0.3 is 0 Å². The van der Waals surface area contributed by atoms with Gasteiger partial charge in [0.25, 0.3) is 5.91 Å². The molecular formula is C18H16Cl2N4O4S. The van der Waals surface area contributed by atoms with E-state index in [0.29, 0.717) is 11.3 Å². The normalized spacial score (nSPS) is 11.1. The van der Waals surface area contributed by atoms with E-state index in [0.717, 1.165) is 10.6 Å². The van der Waals surface area contributed by atoms with Crippen LogP contribution in [0.2, 0.25) is 10.0 Å². The fourth-order valence-corrected chi connectivity index (χ4v) is 3.49. The fourth-order valence-electron chi connectivity index (χ4n) is 2.18. The molecule has 0 unspecified atom stereocenters. The number of nitrogens with zero attached hydrogens (tertiary/aromatic N) is 3. The zero-order valence-electron chi connectivity index (χ0n) is 15.2. The van der Waals surface area contributed by atoms with E-state index in [4.69, 9.17) is 33.2 Å². The summed E-state index contributed by atoms with van der Waals surface area (Å²) in [6, 6.07) is 13.0. The van der Waals surface area contributed by atoms with Gasteiger partial charge in [-0.3, -0.25) is 9.10 Å². The second-order valence-corrected chi connectivity index (χ2v) is 8.34. The molecular weight excluding hydrogens is 439 g/mol. The van der Waals surface area contributed by atoms with Crippen LogP contribution in [-0.4, -0.2) is 39.9 Å². The highest BCUT2D eigenvalue weighted by atomic mass is 35.5. The molecule has 0 radical (unpaired) electrons. The van der Waals surface area contributed by atoms with Gasteiger partial charge in [-0.05, 0) is 42.0 Å². The highest BCUT2D eigenvalue weighted by Gasteiger charge is 2.23. The first-order valence-electron chi connectivity index (χ1n) is 8.06. The van der Waals surface area contributed by atoms with Crippen molar-refractivity contribution in [2.75, 3.05) is 23.7 Å². The lowest BCUT2D eigenvalue weighted by Crippen LogP contribution is -2.39. The van der Waals surface area contributed by atoms with E-state index < -0.39 is 22.5 Å². The number of hydrogen-bond donors (Lipinski definition) is 1. The second-order valence-electron chi connectivity index (χ2n) is 5.65. The van der Waals surface area contributed by atoms with Crippen LogP contribution in [0.25, 0.3) is 0 Å². The van der Waals surface area contributed by atoms with Crippen molar-refractivity contribution in [3.05, 3.63) is 58.1 Å². The Morgan fingerprint density at radius 2 is 1.97 bits per heavy atom. The van der Waals surface area contributed by atoms with Crippen LogP contribution in [0.4, 0.5) is 5.69 Å². The van der Waals surface area contributed by atoms with Gasteiger partial charge in [0.05, 0.1) is 28.2 Å². The number of sulfonamides is 1. The third kappa shape index (κ3) is 6.64. The number of carbonyl (C=O) groups is 1. The molecule has 1 N–H and O–H groups in total. The molecule has 11 heteroatoms. The van der Waals surface area contributed by atoms with Crippen molar-refractivity contribution < 1.29 is 17.9 Å². The minimum absolute atomic E-state index is 0.0228. The Bertz CT molecular complexity index is 1050. The van der Waals surface area contributed by atoms with Gasteiger partial charge in [0.1, 0.15) is 18.4 Å². The van der Waals surface area contributed by atoms with E-state index in [1.807, 2.05) is 6.07 Å². The molecule has 0 saturated carbocycles. The van der Waals surface area contributed by atoms with Gasteiger partial charge in [-0.2, -0.15) is 10.4 Å². The first-order valence-corrected chi connectivity index (χ1v) is 10.7. The monoisotopic (exact) mass is 454 g/mol. The van der Waals surface area contributed by atoms with Crippen molar-refractivity contribution in [1.29, 1.82) is 5.26 Å². The molecule has 0 heterocycles. The predicted molar refractivity (Wildman–Crippen MR) is 112 cm³/mol. The molecule has 0 aliphatic carbocycles. The van der Waals surface area contributed by atoms with Crippen molar-refractivity contribution in [2.24, 2.45) is 5.10 Å². The Kier molecular flexibility index (Phi) is 7.84. The lowest BCUT2D eigenvalue weighted by Gasteiger charge is -2.22. The third-order valence-electron chi connectivity index (χ3n) is 3.47. The lowest BCUT2D eigenvalue weighted by atomic mass is 10.2. The maximum absolute atomic E-state index is 12.2. The second kappa shape index (κ2) is 10.1. The Labute approximate surface area is 178 Å². The van der Waals surface area contributed by atoms with Gasteiger partial charge in [-0.25, -0.2) is 13.8 Å². The summed E-state index contributed by atoms with van der Waals surface area (Å²) in [7, 11) is -3.80. The molecule has 0 atom stereocenters. The van der Waals surface area contributed by atoms with Gasteiger partial charge in [-0.1, -0.05) is 29.3 Å². The van der Waals surface area contributed by atoms with Crippen LogP contribution in [0.1, 0.15) is 5.56 Å². The summed E-state index contributed by atoms with van der Waals surface area (Å²) in [6.45, 7) is -0.589. The fraction of sp³-hybridized carbons (Fsp3) is 0.167. The number of hydrogen-bond acceptors (Lipinski definition) is 6. The highest BCUT2D eigenvalue weighted by Crippen LogP contribution is 2.33. The molecule has 2 aromatic carbocycles. The summed E-state index contributed by atoms with van der Waals surface area (Å²) in [5.41, 5.74) is 3.01. The van der Waals surface area contributed by atoms with Gasteiger partial charge in [0.15, 0.2) is 6.61 Å². The summed E-state index contributed by atoms with van der Waals surface area (Å²) >= 11 is 12.0. The van der Waals surface area contributed by atoms with Crippen molar-refractivity contribution >= 4 is 51.0 Å². The number of rotatable bonds is 8. The topological polar surface area (TPSA) is 112 Å². The van der Waals surface area contributed by atoms with Gasteiger partial charge in [0.2, 0.25) is 10.0 Å². The first-order chi connectivity index (χ1) is 13.7. The zero-order chi connectivity index (χ0) is 21.4. The number of benzene rings is 2. The van der Waals surface area contributed by atoms with Crippen LogP contribution in [0, 0.1) is 11.3 Å². The standard InChI is InChI=1S/C18H16Cl2N4O4S/c1-29(26,27)24(16-4-2-3-15(19)18(16)20)12-17(25)23-22-11-13-5-7-14(8-6-13)28-10-9-21/h2-8,11H,10,12H2,1H3,(H,23,25)/b22-11-. The highest BCUT2D eigenvalue weighted by molar-refractivity contribution is 7.92. The predicted octanol–water partition coefficient (Wildman–Crippen LogP) is 2.81. The maximum Gasteiger partial charge on any atom is 0.260 e. The third-order valence-corrected chi connectivity index (χ3v) is 5.41. The first kappa shape index (κ1) is 22.5. The van der Waals surface area contributed by atoms with Crippen LogP contribution in [0.15, 0.2) is 47.6 Å². The largest absolute Gasteiger partial charge is 0.479 e. The zero-order valence-corrected chi connectivity index (χ0v) is 17.5. The number of hydrazone groups is 1. The molecule has 2 aromatic rings. The van der Waals surface area contributed by atoms with Crippen molar-refractivity contribution in [3.8, 4) is 11.8 Å². The summed E-state index contributed by atoms with van der Waals surface area (Å²) < 4.78 is 30.2. The smallest absolute Gasteiger partial charge is 0.260 e. The number of amides is 1. The number of nitriles is 1. The van der Waals surface area contributed by atoms with Gasteiger partial charge in [0, 0.05) is 0 Å². The molecule has 29 heavy (non-hydrogen) atoms. The van der Waals surface area contributed by atoms with E-state index in [2.05, 4.69) is 10.5 Å². The Hall–Kier alpha value is -2.80. The number of nitrogens with one attached hydrogen (secondary N) is 1. The van der Waals surface area contributed by atoms with Crippen LogP contribution in [-0.2, 0) is 14.8 Å². The summed E-state index contributed by atoms with van der Waals surface area (Å²) in [4.78, 5) is 12.2. The average Bonchev–Trinajstić information content (AvgIpc) is 2.67. The number of carbonyl (C=O) groups excluding carboxylic acids is 1. The van der Waals surface area contributed by atoms with Crippen LogP contribution in [0.5, 0.6) is 5.75 Å². The molecule has 0 fully saturated rings. The Morgan fingerprint density at radius 3 is 2.59 bits per heavy atom. The van der Waals surface area contributed by atoms with Crippen LogP contribution in [0.3, 0.4) is 0 Å². The van der Waals surface area contributed by atoms with Gasteiger partial charge in [-0.15, -0.1) is 0 Å². The summed E-state index contributed by atoms with van der Waals surface area (Å²) in [5, 5.41) is 12.5. The quantitative estimate of drug-likeness (QED) is 0.486. The number of ether oxygens (including phenoxy) is 1.